The van der Waals surface area contributed by atoms with E-state index in [0.717, 1.165) is 5.56 Å². The molecule has 94 valence electrons. The number of aromatic nitrogens is 3. The summed E-state index contributed by atoms with van der Waals surface area (Å²) >= 11 is 0. The fraction of sp³-hybridized carbons (Fsp3) is 0.167. The van der Waals surface area contributed by atoms with E-state index in [-0.39, 0.29) is 11.7 Å². The summed E-state index contributed by atoms with van der Waals surface area (Å²) in [5.41, 5.74) is 0.729. The Balaban J connectivity index is 2.05. The molecule has 1 aromatic carbocycles. The van der Waals surface area contributed by atoms with Crippen LogP contribution >= 0.6 is 0 Å². The zero-order valence-electron chi connectivity index (χ0n) is 9.71. The Hall–Kier alpha value is -2.75. The lowest BCUT2D eigenvalue weighted by Crippen LogP contribution is -2.37. The number of halogens is 1. The predicted molar refractivity (Wildman–Crippen MR) is 65.0 cm³/mol. The molecule has 0 radical (unpaired) electrons. The van der Waals surface area contributed by atoms with Crippen molar-refractivity contribution >= 4 is 11.8 Å². The van der Waals surface area contributed by atoms with Gasteiger partial charge in [-0.25, -0.2) is 4.39 Å². The predicted octanol–water partition coefficient (Wildman–Crippen LogP) is 1.55. The molecule has 3 rings (SSSR count). The SMILES string of the molecule is N#CC1C(=N)n2ncnc2NC1c1ccc(F)cc1. The lowest BCUT2D eigenvalue weighted by molar-refractivity contribution is 0.614. The summed E-state index contributed by atoms with van der Waals surface area (Å²) in [5, 5.41) is 24.2. The molecule has 0 aliphatic carbocycles. The van der Waals surface area contributed by atoms with E-state index in [2.05, 4.69) is 21.5 Å². The summed E-state index contributed by atoms with van der Waals surface area (Å²) in [7, 11) is 0. The van der Waals surface area contributed by atoms with Gasteiger partial charge in [0.25, 0.3) is 0 Å². The second kappa shape index (κ2) is 4.17. The van der Waals surface area contributed by atoms with Crippen molar-refractivity contribution in [1.29, 1.82) is 10.7 Å². The molecule has 6 nitrogen and oxygen atoms in total. The van der Waals surface area contributed by atoms with Crippen LogP contribution in [0.5, 0.6) is 0 Å². The summed E-state index contributed by atoms with van der Waals surface area (Å²) in [6, 6.07) is 7.49. The van der Waals surface area contributed by atoms with Gasteiger partial charge in [-0.3, -0.25) is 5.41 Å². The highest BCUT2D eigenvalue weighted by molar-refractivity contribution is 5.90. The Labute approximate surface area is 108 Å². The van der Waals surface area contributed by atoms with E-state index >= 15 is 0 Å². The standard InChI is InChI=1S/C12H9FN6/c13-8-3-1-7(2-4-8)10-9(5-14)11(15)19-12(18-10)16-6-17-19/h1-4,6,9-10,15H,(H,16,17,18). The van der Waals surface area contributed by atoms with Gasteiger partial charge in [-0.2, -0.15) is 20.0 Å². The first-order chi connectivity index (χ1) is 9.20. The molecule has 2 atom stereocenters. The Morgan fingerprint density at radius 1 is 1.37 bits per heavy atom. The molecule has 1 aliphatic heterocycles. The van der Waals surface area contributed by atoms with Crippen molar-refractivity contribution in [2.75, 3.05) is 5.32 Å². The third kappa shape index (κ3) is 1.74. The largest absolute Gasteiger partial charge is 0.345 e. The van der Waals surface area contributed by atoms with E-state index in [1.807, 2.05) is 0 Å². The van der Waals surface area contributed by atoms with E-state index < -0.39 is 12.0 Å². The highest BCUT2D eigenvalue weighted by atomic mass is 19.1. The average molecular weight is 256 g/mol. The second-order valence-electron chi connectivity index (χ2n) is 4.16. The highest BCUT2D eigenvalue weighted by Crippen LogP contribution is 2.31. The van der Waals surface area contributed by atoms with E-state index in [1.165, 1.54) is 23.1 Å². The molecule has 0 amide bonds. The molecule has 7 heteroatoms. The molecule has 0 fully saturated rings. The Morgan fingerprint density at radius 3 is 2.79 bits per heavy atom. The van der Waals surface area contributed by atoms with E-state index in [0.29, 0.717) is 5.95 Å². The average Bonchev–Trinajstić information content (AvgIpc) is 2.88. The quantitative estimate of drug-likeness (QED) is 0.809. The maximum Gasteiger partial charge on any atom is 0.227 e. The Bertz CT molecular complexity index is 668. The van der Waals surface area contributed by atoms with Gasteiger partial charge in [0.1, 0.15) is 23.9 Å². The van der Waals surface area contributed by atoms with Gasteiger partial charge in [0.2, 0.25) is 5.95 Å². The first-order valence-corrected chi connectivity index (χ1v) is 5.61. The minimum atomic E-state index is -0.709. The van der Waals surface area contributed by atoms with Crippen molar-refractivity contribution in [3.05, 3.63) is 42.0 Å². The van der Waals surface area contributed by atoms with Crippen molar-refractivity contribution in [1.82, 2.24) is 14.8 Å². The summed E-state index contributed by atoms with van der Waals surface area (Å²) < 4.78 is 14.2. The lowest BCUT2D eigenvalue weighted by Gasteiger charge is -2.29. The van der Waals surface area contributed by atoms with Gasteiger partial charge in [-0.15, -0.1) is 0 Å². The number of nitrogens with one attached hydrogen (secondary N) is 2. The minimum absolute atomic E-state index is 0.0584. The maximum absolute atomic E-state index is 12.9. The number of fused-ring (bicyclic) bond motifs is 1. The van der Waals surface area contributed by atoms with Gasteiger partial charge in [0.15, 0.2) is 0 Å². The fourth-order valence-corrected chi connectivity index (χ4v) is 2.11. The van der Waals surface area contributed by atoms with Crippen molar-refractivity contribution < 1.29 is 4.39 Å². The van der Waals surface area contributed by atoms with Gasteiger partial charge >= 0.3 is 0 Å². The fourth-order valence-electron chi connectivity index (χ4n) is 2.11. The van der Waals surface area contributed by atoms with Crippen LogP contribution in [0.3, 0.4) is 0 Å². The summed E-state index contributed by atoms with van der Waals surface area (Å²) in [6.07, 6.45) is 1.32. The molecular formula is C12H9FN6. The van der Waals surface area contributed by atoms with E-state index in [4.69, 9.17) is 5.41 Å². The molecule has 1 aromatic heterocycles. The number of hydrogen-bond acceptors (Lipinski definition) is 5. The zero-order valence-corrected chi connectivity index (χ0v) is 9.71. The number of nitriles is 1. The van der Waals surface area contributed by atoms with Crippen LogP contribution in [0.1, 0.15) is 11.6 Å². The summed E-state index contributed by atoms with van der Waals surface area (Å²) in [6.45, 7) is 0. The first-order valence-electron chi connectivity index (χ1n) is 5.61. The smallest absolute Gasteiger partial charge is 0.227 e. The molecule has 2 aromatic rings. The summed E-state index contributed by atoms with van der Waals surface area (Å²) in [4.78, 5) is 3.99. The second-order valence-corrected chi connectivity index (χ2v) is 4.16. The third-order valence-corrected chi connectivity index (χ3v) is 3.06. The topological polar surface area (TPSA) is 90.4 Å². The van der Waals surface area contributed by atoms with Crippen molar-refractivity contribution in [3.63, 3.8) is 0 Å². The molecule has 2 heterocycles. The summed E-state index contributed by atoms with van der Waals surface area (Å²) in [5.74, 6) is -0.583. The van der Waals surface area contributed by atoms with Crippen LogP contribution < -0.4 is 5.32 Å². The zero-order chi connectivity index (χ0) is 13.4. The van der Waals surface area contributed by atoms with Gasteiger partial charge in [0, 0.05) is 0 Å². The van der Waals surface area contributed by atoms with Crippen molar-refractivity contribution in [2.24, 2.45) is 5.92 Å². The third-order valence-electron chi connectivity index (χ3n) is 3.06. The van der Waals surface area contributed by atoms with Crippen LogP contribution in [0.4, 0.5) is 10.3 Å². The molecule has 0 saturated heterocycles. The monoisotopic (exact) mass is 256 g/mol. The number of benzene rings is 1. The van der Waals surface area contributed by atoms with Crippen LogP contribution in [0, 0.1) is 28.5 Å². The van der Waals surface area contributed by atoms with E-state index in [9.17, 15) is 9.65 Å². The highest BCUT2D eigenvalue weighted by Gasteiger charge is 2.35. The van der Waals surface area contributed by atoms with Crippen LogP contribution in [-0.4, -0.2) is 20.6 Å². The molecule has 2 N–H and O–H groups in total. The molecule has 1 aliphatic rings. The molecular weight excluding hydrogens is 247 g/mol. The molecule has 0 bridgehead atoms. The lowest BCUT2D eigenvalue weighted by atomic mass is 9.92. The number of hydrogen-bond donors (Lipinski definition) is 2. The van der Waals surface area contributed by atoms with Gasteiger partial charge in [0.05, 0.1) is 12.1 Å². The van der Waals surface area contributed by atoms with Gasteiger partial charge in [-0.1, -0.05) is 12.1 Å². The van der Waals surface area contributed by atoms with Crippen LogP contribution in [0.25, 0.3) is 0 Å². The van der Waals surface area contributed by atoms with Crippen LogP contribution in [-0.2, 0) is 0 Å². The number of rotatable bonds is 1. The van der Waals surface area contributed by atoms with Crippen LogP contribution in [0.15, 0.2) is 30.6 Å². The Kier molecular flexibility index (Phi) is 2.49. The van der Waals surface area contributed by atoms with E-state index in [1.54, 1.807) is 12.1 Å². The van der Waals surface area contributed by atoms with Crippen molar-refractivity contribution in [2.45, 2.75) is 6.04 Å². The molecule has 19 heavy (non-hydrogen) atoms. The molecule has 0 spiro atoms. The van der Waals surface area contributed by atoms with Crippen LogP contribution in [0.2, 0.25) is 0 Å². The molecule has 0 saturated carbocycles. The maximum atomic E-state index is 12.9. The van der Waals surface area contributed by atoms with Crippen molar-refractivity contribution in [3.8, 4) is 6.07 Å². The Morgan fingerprint density at radius 2 is 2.11 bits per heavy atom. The van der Waals surface area contributed by atoms with Gasteiger partial charge in [-0.05, 0) is 17.7 Å². The number of nitrogens with zero attached hydrogens (tertiary/aromatic N) is 4. The number of anilines is 1. The minimum Gasteiger partial charge on any atom is -0.345 e. The van der Waals surface area contributed by atoms with Gasteiger partial charge < -0.3 is 5.32 Å². The molecule has 2 unspecified atom stereocenters. The first kappa shape index (κ1) is 11.3. The normalized spacial score (nSPS) is 21.4.